The van der Waals surface area contributed by atoms with Gasteiger partial charge in [0, 0.05) is 46.2 Å². The summed E-state index contributed by atoms with van der Waals surface area (Å²) in [5, 5.41) is 6.93. The predicted octanol–water partition coefficient (Wildman–Crippen LogP) is 0.561. The minimum Gasteiger partial charge on any atom is -0.383 e. The minimum atomic E-state index is -0.0671. The van der Waals surface area contributed by atoms with Gasteiger partial charge in [-0.05, 0) is 12.5 Å². The van der Waals surface area contributed by atoms with Gasteiger partial charge >= 0.3 is 6.03 Å². The second-order valence-corrected chi connectivity index (χ2v) is 3.77. The number of aromatic nitrogens is 2. The lowest BCUT2D eigenvalue weighted by Gasteiger charge is -2.17. The van der Waals surface area contributed by atoms with E-state index >= 15 is 0 Å². The van der Waals surface area contributed by atoms with E-state index in [1.165, 1.54) is 0 Å². The summed E-state index contributed by atoms with van der Waals surface area (Å²) in [6.07, 6.45) is 4.52. The van der Waals surface area contributed by atoms with Crippen LogP contribution in [0.15, 0.2) is 18.5 Å². The third kappa shape index (κ3) is 5.35. The molecule has 1 rings (SSSR count). The molecule has 0 spiro atoms. The van der Waals surface area contributed by atoms with Crippen molar-refractivity contribution in [1.82, 2.24) is 20.0 Å². The van der Waals surface area contributed by atoms with Gasteiger partial charge in [0.1, 0.15) is 0 Å². The molecule has 0 aliphatic heterocycles. The Labute approximate surface area is 102 Å². The summed E-state index contributed by atoms with van der Waals surface area (Å²) in [4.78, 5) is 13.2. The molecule has 6 heteroatoms. The van der Waals surface area contributed by atoms with Gasteiger partial charge in [-0.25, -0.2) is 4.79 Å². The van der Waals surface area contributed by atoms with Crippen LogP contribution in [0.4, 0.5) is 4.79 Å². The van der Waals surface area contributed by atoms with Crippen LogP contribution in [0.25, 0.3) is 0 Å². The number of rotatable bonds is 7. The minimum absolute atomic E-state index is 0.0671. The molecule has 0 aliphatic carbocycles. The normalized spacial score (nSPS) is 10.2. The number of nitrogens with zero attached hydrogens (tertiary/aromatic N) is 3. The van der Waals surface area contributed by atoms with Gasteiger partial charge in [0.15, 0.2) is 0 Å². The lowest BCUT2D eigenvalue weighted by molar-refractivity contribution is 0.159. The van der Waals surface area contributed by atoms with Crippen molar-refractivity contribution in [3.05, 3.63) is 18.5 Å². The molecule has 1 N–H and O–H groups in total. The van der Waals surface area contributed by atoms with Gasteiger partial charge in [0.25, 0.3) is 0 Å². The van der Waals surface area contributed by atoms with Crippen LogP contribution in [-0.2, 0) is 11.3 Å². The number of likely N-dealkylation sites (N-methyl/N-ethyl adjacent to an activating group) is 1. The first-order valence-corrected chi connectivity index (χ1v) is 5.69. The molecule has 6 nitrogen and oxygen atoms in total. The van der Waals surface area contributed by atoms with E-state index in [2.05, 4.69) is 10.4 Å². The van der Waals surface area contributed by atoms with Crippen LogP contribution in [0, 0.1) is 0 Å². The summed E-state index contributed by atoms with van der Waals surface area (Å²) >= 11 is 0. The second kappa shape index (κ2) is 7.67. The van der Waals surface area contributed by atoms with E-state index in [0.717, 1.165) is 13.0 Å². The lowest BCUT2D eigenvalue weighted by atomic mass is 10.4. The third-order valence-corrected chi connectivity index (χ3v) is 2.38. The highest BCUT2D eigenvalue weighted by molar-refractivity contribution is 5.73. The number of methoxy groups -OCH3 is 1. The smallest absolute Gasteiger partial charge is 0.317 e. The number of urea groups is 1. The maximum atomic E-state index is 11.5. The molecule has 0 bridgehead atoms. The molecule has 0 aromatic carbocycles. The Morgan fingerprint density at radius 3 is 3.06 bits per heavy atom. The number of hydrogen-bond acceptors (Lipinski definition) is 3. The van der Waals surface area contributed by atoms with E-state index in [9.17, 15) is 4.79 Å². The SMILES string of the molecule is COCCN(C)C(=O)NCCCn1cccn1. The summed E-state index contributed by atoms with van der Waals surface area (Å²) in [6, 6.07) is 1.82. The molecule has 0 aliphatic rings. The highest BCUT2D eigenvalue weighted by Crippen LogP contribution is 1.89. The van der Waals surface area contributed by atoms with Crippen LogP contribution in [0.1, 0.15) is 6.42 Å². The predicted molar refractivity (Wildman–Crippen MR) is 64.7 cm³/mol. The van der Waals surface area contributed by atoms with E-state index < -0.39 is 0 Å². The fourth-order valence-corrected chi connectivity index (χ4v) is 1.33. The van der Waals surface area contributed by atoms with Crippen molar-refractivity contribution in [2.45, 2.75) is 13.0 Å². The number of hydrogen-bond donors (Lipinski definition) is 1. The Balaban J connectivity index is 2.07. The van der Waals surface area contributed by atoms with Gasteiger partial charge in [-0.15, -0.1) is 0 Å². The molecule has 1 aromatic heterocycles. The summed E-state index contributed by atoms with van der Waals surface area (Å²) in [6.45, 7) is 2.61. The van der Waals surface area contributed by atoms with Gasteiger partial charge in [-0.3, -0.25) is 4.68 Å². The van der Waals surface area contributed by atoms with Crippen LogP contribution in [0.5, 0.6) is 0 Å². The highest BCUT2D eigenvalue weighted by atomic mass is 16.5. The first-order chi connectivity index (χ1) is 8.24. The summed E-state index contributed by atoms with van der Waals surface area (Å²) in [5.74, 6) is 0. The molecule has 0 radical (unpaired) electrons. The molecule has 2 amide bonds. The maximum absolute atomic E-state index is 11.5. The number of ether oxygens (including phenoxy) is 1. The average molecular weight is 240 g/mol. The Hall–Kier alpha value is -1.56. The first-order valence-electron chi connectivity index (χ1n) is 5.69. The highest BCUT2D eigenvalue weighted by Gasteiger charge is 2.06. The molecule has 0 fully saturated rings. The molecule has 96 valence electrons. The van der Waals surface area contributed by atoms with Crippen molar-refractivity contribution in [2.24, 2.45) is 0 Å². The molecule has 17 heavy (non-hydrogen) atoms. The van der Waals surface area contributed by atoms with Gasteiger partial charge in [-0.2, -0.15) is 5.10 Å². The monoisotopic (exact) mass is 240 g/mol. The zero-order valence-corrected chi connectivity index (χ0v) is 10.4. The maximum Gasteiger partial charge on any atom is 0.317 e. The van der Waals surface area contributed by atoms with Crippen molar-refractivity contribution >= 4 is 6.03 Å². The van der Waals surface area contributed by atoms with Crippen molar-refractivity contribution < 1.29 is 9.53 Å². The molecule has 1 heterocycles. The number of amides is 2. The molecule has 0 saturated carbocycles. The number of aryl methyl sites for hydroxylation is 1. The van der Waals surface area contributed by atoms with Crippen molar-refractivity contribution in [3.63, 3.8) is 0 Å². The molecule has 0 unspecified atom stereocenters. The Morgan fingerprint density at radius 2 is 2.41 bits per heavy atom. The van der Waals surface area contributed by atoms with Crippen LogP contribution >= 0.6 is 0 Å². The lowest BCUT2D eigenvalue weighted by Crippen LogP contribution is -2.39. The number of nitrogens with one attached hydrogen (secondary N) is 1. The second-order valence-electron chi connectivity index (χ2n) is 3.77. The quantitative estimate of drug-likeness (QED) is 0.708. The van der Waals surface area contributed by atoms with E-state index in [4.69, 9.17) is 4.74 Å². The van der Waals surface area contributed by atoms with E-state index in [1.54, 1.807) is 25.3 Å². The first kappa shape index (κ1) is 13.5. The number of carbonyl (C=O) groups is 1. The van der Waals surface area contributed by atoms with Crippen LogP contribution < -0.4 is 5.32 Å². The zero-order chi connectivity index (χ0) is 12.5. The summed E-state index contributed by atoms with van der Waals surface area (Å²) in [5.41, 5.74) is 0. The Kier molecular flexibility index (Phi) is 6.09. The van der Waals surface area contributed by atoms with Gasteiger partial charge < -0.3 is 15.0 Å². The van der Waals surface area contributed by atoms with Crippen LogP contribution in [-0.4, -0.2) is 54.6 Å². The van der Waals surface area contributed by atoms with Crippen LogP contribution in [0.2, 0.25) is 0 Å². The fraction of sp³-hybridized carbons (Fsp3) is 0.636. The van der Waals surface area contributed by atoms with Gasteiger partial charge in [-0.1, -0.05) is 0 Å². The third-order valence-electron chi connectivity index (χ3n) is 2.38. The van der Waals surface area contributed by atoms with Gasteiger partial charge in [0.05, 0.1) is 6.61 Å². The summed E-state index contributed by atoms with van der Waals surface area (Å²) < 4.78 is 6.75. The average Bonchev–Trinajstić information content (AvgIpc) is 2.84. The van der Waals surface area contributed by atoms with E-state index in [0.29, 0.717) is 19.7 Å². The standard InChI is InChI=1S/C11H20N4O2/c1-14(9-10-17-2)11(16)12-5-3-7-15-8-4-6-13-15/h4,6,8H,3,5,7,9-10H2,1-2H3,(H,12,16). The summed E-state index contributed by atoms with van der Waals surface area (Å²) in [7, 11) is 3.37. The molecule has 0 atom stereocenters. The fourth-order valence-electron chi connectivity index (χ4n) is 1.33. The molecule has 1 aromatic rings. The molecule has 0 saturated heterocycles. The number of carbonyl (C=O) groups excluding carboxylic acids is 1. The van der Waals surface area contributed by atoms with Crippen molar-refractivity contribution in [3.8, 4) is 0 Å². The van der Waals surface area contributed by atoms with Gasteiger partial charge in [0.2, 0.25) is 0 Å². The van der Waals surface area contributed by atoms with Crippen molar-refractivity contribution in [1.29, 1.82) is 0 Å². The zero-order valence-electron chi connectivity index (χ0n) is 10.4. The van der Waals surface area contributed by atoms with Crippen LogP contribution in [0.3, 0.4) is 0 Å². The largest absolute Gasteiger partial charge is 0.383 e. The molecular weight excluding hydrogens is 220 g/mol. The van der Waals surface area contributed by atoms with E-state index in [-0.39, 0.29) is 6.03 Å². The van der Waals surface area contributed by atoms with E-state index in [1.807, 2.05) is 16.9 Å². The Bertz CT molecular complexity index is 313. The topological polar surface area (TPSA) is 59.4 Å². The Morgan fingerprint density at radius 1 is 1.59 bits per heavy atom. The van der Waals surface area contributed by atoms with Crippen molar-refractivity contribution in [2.75, 3.05) is 33.9 Å². The molecular formula is C11H20N4O2.